The number of rotatable bonds is 3. The van der Waals surface area contributed by atoms with Crippen LogP contribution in [0.25, 0.3) is 0 Å². The molecule has 1 aromatic carbocycles. The van der Waals surface area contributed by atoms with Crippen molar-refractivity contribution in [1.82, 2.24) is 0 Å². The maximum Gasteiger partial charge on any atom is 0.0809 e. The highest BCUT2D eigenvalue weighted by Gasteiger charge is 2.08. The SMILES string of the molecule is CC#CCCC(O)c1ccccc1I. The lowest BCUT2D eigenvalue weighted by Crippen LogP contribution is -1.99. The highest BCUT2D eigenvalue weighted by molar-refractivity contribution is 14.1. The maximum absolute atomic E-state index is 9.86. The Morgan fingerprint density at radius 2 is 2.14 bits per heavy atom. The molecule has 74 valence electrons. The van der Waals surface area contributed by atoms with Crippen molar-refractivity contribution in [2.45, 2.75) is 25.9 Å². The van der Waals surface area contributed by atoms with Crippen LogP contribution in [0.3, 0.4) is 0 Å². The molecule has 2 heteroatoms. The van der Waals surface area contributed by atoms with E-state index in [1.54, 1.807) is 0 Å². The van der Waals surface area contributed by atoms with Gasteiger partial charge < -0.3 is 5.11 Å². The van der Waals surface area contributed by atoms with Crippen molar-refractivity contribution in [3.05, 3.63) is 33.4 Å². The second-order valence-corrected chi connectivity index (χ2v) is 4.16. The fraction of sp³-hybridized carbons (Fsp3) is 0.333. The minimum atomic E-state index is -0.385. The topological polar surface area (TPSA) is 20.2 Å². The van der Waals surface area contributed by atoms with Crippen molar-refractivity contribution >= 4 is 22.6 Å². The van der Waals surface area contributed by atoms with Crippen molar-refractivity contribution in [2.75, 3.05) is 0 Å². The van der Waals surface area contributed by atoms with Gasteiger partial charge in [-0.1, -0.05) is 18.2 Å². The monoisotopic (exact) mass is 300 g/mol. The van der Waals surface area contributed by atoms with Gasteiger partial charge in [-0.2, -0.15) is 0 Å². The Hall–Kier alpha value is -0.530. The van der Waals surface area contributed by atoms with Gasteiger partial charge in [-0.25, -0.2) is 0 Å². The fourth-order valence-electron chi connectivity index (χ4n) is 1.23. The molecule has 1 aromatic rings. The van der Waals surface area contributed by atoms with Gasteiger partial charge in [-0.15, -0.1) is 11.8 Å². The number of halogens is 1. The molecule has 0 radical (unpaired) electrons. The molecule has 0 aliphatic carbocycles. The first kappa shape index (κ1) is 11.5. The van der Waals surface area contributed by atoms with Crippen LogP contribution in [-0.2, 0) is 0 Å². The molecule has 0 aromatic heterocycles. The average Bonchev–Trinajstić information content (AvgIpc) is 2.18. The molecule has 0 saturated carbocycles. The number of benzene rings is 1. The number of aliphatic hydroxyl groups is 1. The highest BCUT2D eigenvalue weighted by Crippen LogP contribution is 2.22. The zero-order valence-corrected chi connectivity index (χ0v) is 10.3. The minimum absolute atomic E-state index is 0.385. The first-order chi connectivity index (χ1) is 6.75. The van der Waals surface area contributed by atoms with E-state index in [2.05, 4.69) is 34.4 Å². The van der Waals surface area contributed by atoms with Crippen LogP contribution in [0.15, 0.2) is 24.3 Å². The standard InChI is InChI=1S/C12H13IO/c1-2-3-4-9-12(14)10-7-5-6-8-11(10)13/h5-8,12,14H,4,9H2,1H3. The Morgan fingerprint density at radius 1 is 1.43 bits per heavy atom. The van der Waals surface area contributed by atoms with E-state index in [4.69, 9.17) is 0 Å². The zero-order valence-electron chi connectivity index (χ0n) is 8.13. The number of aliphatic hydroxyl groups excluding tert-OH is 1. The molecular weight excluding hydrogens is 287 g/mol. The fourth-order valence-corrected chi connectivity index (χ4v) is 1.98. The Kier molecular flexibility index (Phi) is 4.99. The van der Waals surface area contributed by atoms with Crippen LogP contribution in [0.2, 0.25) is 0 Å². The Bertz CT molecular complexity index is 349. The predicted molar refractivity (Wildman–Crippen MR) is 66.8 cm³/mol. The van der Waals surface area contributed by atoms with E-state index in [1.165, 1.54) is 0 Å². The molecule has 14 heavy (non-hydrogen) atoms. The lowest BCUT2D eigenvalue weighted by Gasteiger charge is -2.10. The summed E-state index contributed by atoms with van der Waals surface area (Å²) in [7, 11) is 0. The van der Waals surface area contributed by atoms with Gasteiger partial charge in [-0.05, 0) is 47.6 Å². The zero-order chi connectivity index (χ0) is 10.4. The Labute approximate surface area is 98.7 Å². The van der Waals surface area contributed by atoms with E-state index in [0.717, 1.165) is 15.6 Å². The van der Waals surface area contributed by atoms with E-state index >= 15 is 0 Å². The molecule has 1 nitrogen and oxygen atoms in total. The van der Waals surface area contributed by atoms with Crippen molar-refractivity contribution in [1.29, 1.82) is 0 Å². The first-order valence-corrected chi connectivity index (χ1v) is 5.65. The van der Waals surface area contributed by atoms with Crippen LogP contribution in [0.5, 0.6) is 0 Å². The van der Waals surface area contributed by atoms with E-state index in [1.807, 2.05) is 31.2 Å². The summed E-state index contributed by atoms with van der Waals surface area (Å²) in [6.45, 7) is 1.82. The molecule has 0 spiro atoms. The highest BCUT2D eigenvalue weighted by atomic mass is 127. The summed E-state index contributed by atoms with van der Waals surface area (Å²) in [4.78, 5) is 0. The molecule has 0 aliphatic rings. The second kappa shape index (κ2) is 6.05. The van der Waals surface area contributed by atoms with Gasteiger partial charge in [0.1, 0.15) is 0 Å². The lowest BCUT2D eigenvalue weighted by atomic mass is 10.1. The van der Waals surface area contributed by atoms with Crippen molar-refractivity contribution in [2.24, 2.45) is 0 Å². The molecule has 0 fully saturated rings. The summed E-state index contributed by atoms with van der Waals surface area (Å²) in [5, 5.41) is 9.86. The summed E-state index contributed by atoms with van der Waals surface area (Å²) in [6, 6.07) is 7.90. The molecular formula is C12H13IO. The molecule has 0 heterocycles. The minimum Gasteiger partial charge on any atom is -0.388 e. The third-order valence-corrected chi connectivity index (χ3v) is 2.97. The molecule has 1 unspecified atom stereocenters. The van der Waals surface area contributed by atoms with E-state index in [9.17, 15) is 5.11 Å². The van der Waals surface area contributed by atoms with Gasteiger partial charge in [0.05, 0.1) is 6.10 Å². The lowest BCUT2D eigenvalue weighted by molar-refractivity contribution is 0.168. The van der Waals surface area contributed by atoms with Gasteiger partial charge in [0.25, 0.3) is 0 Å². The smallest absolute Gasteiger partial charge is 0.0809 e. The molecule has 0 bridgehead atoms. The molecule has 1 rings (SSSR count). The molecule has 1 atom stereocenters. The third kappa shape index (κ3) is 3.32. The van der Waals surface area contributed by atoms with Crippen molar-refractivity contribution < 1.29 is 5.11 Å². The van der Waals surface area contributed by atoms with E-state index < -0.39 is 0 Å². The van der Waals surface area contributed by atoms with Crippen molar-refractivity contribution in [3.8, 4) is 11.8 Å². The van der Waals surface area contributed by atoms with Gasteiger partial charge >= 0.3 is 0 Å². The molecule has 1 N–H and O–H groups in total. The van der Waals surface area contributed by atoms with Crippen LogP contribution >= 0.6 is 22.6 Å². The summed E-state index contributed by atoms with van der Waals surface area (Å²) in [6.07, 6.45) is 1.08. The van der Waals surface area contributed by atoms with Crippen molar-refractivity contribution in [3.63, 3.8) is 0 Å². The normalized spacial score (nSPS) is 11.6. The number of hydrogen-bond donors (Lipinski definition) is 1. The van der Waals surface area contributed by atoms with Crippen LogP contribution in [0, 0.1) is 15.4 Å². The van der Waals surface area contributed by atoms with E-state index in [0.29, 0.717) is 6.42 Å². The largest absolute Gasteiger partial charge is 0.388 e. The third-order valence-electron chi connectivity index (χ3n) is 1.98. The second-order valence-electron chi connectivity index (χ2n) is 3.00. The quantitative estimate of drug-likeness (QED) is 0.672. The molecule has 0 aliphatic heterocycles. The summed E-state index contributed by atoms with van der Waals surface area (Å²) < 4.78 is 1.11. The van der Waals surface area contributed by atoms with Crippen LogP contribution in [0.4, 0.5) is 0 Å². The summed E-state index contributed by atoms with van der Waals surface area (Å²) in [5.74, 6) is 5.78. The van der Waals surface area contributed by atoms with Gasteiger partial charge in [0.15, 0.2) is 0 Å². The Morgan fingerprint density at radius 3 is 2.79 bits per heavy atom. The van der Waals surface area contributed by atoms with Gasteiger partial charge in [-0.3, -0.25) is 0 Å². The predicted octanol–water partition coefficient (Wildman–Crippen LogP) is 3.13. The Balaban J connectivity index is 2.63. The number of hydrogen-bond acceptors (Lipinski definition) is 1. The summed E-state index contributed by atoms with van der Waals surface area (Å²) >= 11 is 2.24. The molecule has 0 saturated heterocycles. The summed E-state index contributed by atoms with van der Waals surface area (Å²) in [5.41, 5.74) is 1.01. The van der Waals surface area contributed by atoms with Crippen LogP contribution in [0.1, 0.15) is 31.4 Å². The molecule has 0 amide bonds. The maximum atomic E-state index is 9.86. The van der Waals surface area contributed by atoms with Crippen LogP contribution in [-0.4, -0.2) is 5.11 Å². The van der Waals surface area contributed by atoms with Gasteiger partial charge in [0, 0.05) is 9.99 Å². The average molecular weight is 300 g/mol. The van der Waals surface area contributed by atoms with Gasteiger partial charge in [0.2, 0.25) is 0 Å². The first-order valence-electron chi connectivity index (χ1n) is 4.58. The van der Waals surface area contributed by atoms with Crippen LogP contribution < -0.4 is 0 Å². The van der Waals surface area contributed by atoms with E-state index in [-0.39, 0.29) is 6.10 Å².